The van der Waals surface area contributed by atoms with Crippen LogP contribution < -0.4 is 0 Å². The first-order valence-electron chi connectivity index (χ1n) is 5.56. The van der Waals surface area contributed by atoms with Gasteiger partial charge < -0.3 is 0 Å². The Bertz CT molecular complexity index is 655. The second-order valence-electron chi connectivity index (χ2n) is 4.43. The molecule has 0 aliphatic carbocycles. The van der Waals surface area contributed by atoms with Crippen molar-refractivity contribution in [3.8, 4) is 0 Å². The molecule has 0 spiro atoms. The molecule has 0 aromatic carbocycles. The summed E-state index contributed by atoms with van der Waals surface area (Å²) in [6.07, 6.45) is 1.42. The summed E-state index contributed by atoms with van der Waals surface area (Å²) in [6.45, 7) is 0. The number of hydrogen-bond donors (Lipinski definition) is 0. The van der Waals surface area contributed by atoms with Gasteiger partial charge in [-0.05, 0) is 0 Å². The summed E-state index contributed by atoms with van der Waals surface area (Å²) in [5.41, 5.74) is 0.618. The molecule has 2 amide bonds. The number of carbonyl (C=O) groups excluding carboxylic acids is 2. The average molecular weight is 545 g/mol. The maximum atomic E-state index is 12.1. The normalized spacial score (nSPS) is 10.5. The standard InChI is InChI=1S/C9H8N6O2.Ra.Rb.H/c1-14(2)8(17)6-3-5(7(10)16)12-9-13-11-4-15(6)9;;;/h3-4H,1-2H3;;;. The van der Waals surface area contributed by atoms with E-state index in [1.54, 1.807) is 14.1 Å². The van der Waals surface area contributed by atoms with E-state index in [4.69, 9.17) is 0 Å². The van der Waals surface area contributed by atoms with Gasteiger partial charge in [0.25, 0.3) is 0 Å². The van der Waals surface area contributed by atoms with Gasteiger partial charge in [-0.3, -0.25) is 0 Å². The van der Waals surface area contributed by atoms with Gasteiger partial charge in [-0.1, -0.05) is 0 Å². The summed E-state index contributed by atoms with van der Waals surface area (Å²) in [4.78, 5) is 29.8. The fourth-order valence-electron chi connectivity index (χ4n) is 1.55. The van der Waals surface area contributed by atoms with Gasteiger partial charge in [-0.2, -0.15) is 0 Å². The summed E-state index contributed by atoms with van der Waals surface area (Å²) < 4.78 is 3.32. The second kappa shape index (κ2) is 6.68. The van der Waals surface area contributed by atoms with Crippen LogP contribution in [0.15, 0.2) is 12.4 Å². The Morgan fingerprint density at radius 3 is 2.63 bits per heavy atom. The Kier molecular flexibility index (Phi) is 5.68. The Labute approximate surface area is 179 Å². The predicted molar refractivity (Wildman–Crippen MR) is 62.1 cm³/mol. The van der Waals surface area contributed by atoms with Crippen molar-refractivity contribution < 1.29 is 52.8 Å². The second-order valence-corrected chi connectivity index (χ2v) is 31.3. The van der Waals surface area contributed by atoms with Crippen LogP contribution in [0, 0.1) is 43.2 Å². The molecule has 0 fully saturated rings. The minimum atomic E-state index is -0.214. The molecule has 0 unspecified atom stereocenters. The van der Waals surface area contributed by atoms with Gasteiger partial charge in [-0.25, -0.2) is 0 Å². The van der Waals surface area contributed by atoms with Crippen molar-refractivity contribution in [1.82, 2.24) is 18.7 Å². The molecule has 0 radical (unpaired) electrons. The number of aromatic nitrogens is 4. The molecule has 0 saturated carbocycles. The Hall–Kier alpha value is 0.763. The van der Waals surface area contributed by atoms with E-state index in [0.29, 0.717) is 5.69 Å². The maximum absolute atomic E-state index is 12.1. The molecule has 19 heavy (non-hydrogen) atoms. The molecular weight excluding hydrogens is 536 g/mol. The molecule has 2 rings (SSSR count). The molecule has 0 aliphatic heterocycles. The molecule has 0 N–H and O–H groups in total. The van der Waals surface area contributed by atoms with Crippen molar-refractivity contribution in [1.29, 1.82) is 0 Å². The topological polar surface area (TPSA) is 83.7 Å². The van der Waals surface area contributed by atoms with E-state index in [9.17, 15) is 9.59 Å². The van der Waals surface area contributed by atoms with Crippen LogP contribution >= 0.6 is 0 Å². The molecule has 0 atom stereocenters. The SMILES string of the molecule is CN(C)C(=O)c1cc(C(=O)[N]([Rb])[RaH])nc2nncn12. The molecule has 90 valence electrons. The van der Waals surface area contributed by atoms with Crippen molar-refractivity contribution in [2.24, 2.45) is 0 Å². The van der Waals surface area contributed by atoms with E-state index < -0.39 is 0 Å². The summed E-state index contributed by atoms with van der Waals surface area (Å²) >= 11 is 0.121. The molecular formula is C9H9N6O2RaRb. The molecule has 0 saturated heterocycles. The Morgan fingerprint density at radius 2 is 2.05 bits per heavy atom. The fraction of sp³-hybridized carbons (Fsp3) is 0.222. The van der Waals surface area contributed by atoms with Crippen molar-refractivity contribution >= 4 is 73.6 Å². The van der Waals surface area contributed by atoms with Gasteiger partial charge in [0.05, 0.1) is 0 Å². The van der Waals surface area contributed by atoms with Gasteiger partial charge in [0.1, 0.15) is 0 Å². The van der Waals surface area contributed by atoms with Gasteiger partial charge in [0.15, 0.2) is 0 Å². The Morgan fingerprint density at radius 1 is 1.37 bits per heavy atom. The van der Waals surface area contributed by atoms with Crippen LogP contribution in [0.2, 0.25) is 0 Å². The molecule has 2 aromatic heterocycles. The quantitative estimate of drug-likeness (QED) is 0.462. The molecule has 10 heteroatoms. The number of amides is 2. The zero-order valence-electron chi connectivity index (χ0n) is 11.2. The van der Waals surface area contributed by atoms with Crippen molar-refractivity contribution in [3.05, 3.63) is 23.8 Å². The summed E-state index contributed by atoms with van der Waals surface area (Å²) in [6, 6.07) is 1.52. The molecule has 2 heterocycles. The van der Waals surface area contributed by atoms with Gasteiger partial charge in [0, 0.05) is 0 Å². The van der Waals surface area contributed by atoms with Gasteiger partial charge in [0.2, 0.25) is 0 Å². The summed E-state index contributed by atoms with van der Waals surface area (Å²) in [7, 11) is 3.31. The first-order chi connectivity index (χ1) is 8.91. The average Bonchev–Trinajstić information content (AvgIpc) is 2.83. The minimum absolute atomic E-state index is 0.0178. The van der Waals surface area contributed by atoms with Crippen LogP contribution in [0.3, 0.4) is 0 Å². The fourth-order valence-corrected chi connectivity index (χ4v) is 3.05. The third-order valence-corrected chi connectivity index (χ3v) is 5.20. The monoisotopic (exact) mass is 544 g/mol. The van der Waals surface area contributed by atoms with E-state index in [1.807, 2.05) is -5.82 Å². The predicted octanol–water partition coefficient (Wildman–Crippen LogP) is -1.45. The van der Waals surface area contributed by atoms with E-state index in [0.717, 1.165) is 0 Å². The Balaban J connectivity index is 2.64. The molecule has 8 nitrogen and oxygen atoms in total. The van der Waals surface area contributed by atoms with Gasteiger partial charge in [-0.15, -0.1) is 0 Å². The van der Waals surface area contributed by atoms with Crippen molar-refractivity contribution in [2.75, 3.05) is 14.1 Å². The number of hydrogen-bond acceptors (Lipinski definition) is 5. The number of rotatable bonds is 2. The number of carbonyl (C=O) groups is 2. The van der Waals surface area contributed by atoms with Crippen LogP contribution in [0.4, 0.5) is 0 Å². The third kappa shape index (κ3) is 3.51. The van der Waals surface area contributed by atoms with E-state index in [1.165, 1.54) is 21.7 Å². The van der Waals surface area contributed by atoms with Crippen LogP contribution in [0.5, 0.6) is 0 Å². The van der Waals surface area contributed by atoms with Crippen LogP contribution in [0.25, 0.3) is 5.78 Å². The van der Waals surface area contributed by atoms with Crippen molar-refractivity contribution in [3.63, 3.8) is 0 Å². The van der Waals surface area contributed by atoms with E-state index >= 15 is 0 Å². The van der Waals surface area contributed by atoms with Crippen LogP contribution in [-0.4, -0.2) is 101 Å². The number of nitrogens with zero attached hydrogens (tertiary/aromatic N) is 6. The zero-order chi connectivity index (χ0) is 14.2. The molecule has 0 bridgehead atoms. The summed E-state index contributed by atoms with van der Waals surface area (Å²) in [5.74, 6) is -0.0428. The van der Waals surface area contributed by atoms with Crippen LogP contribution in [0.1, 0.15) is 21.0 Å². The third-order valence-electron chi connectivity index (χ3n) is 2.53. The first kappa shape index (κ1) is 16.1. The summed E-state index contributed by atoms with van der Waals surface area (Å²) in [5, 5.41) is 7.55. The number of fused-ring (bicyclic) bond motifs is 1. The van der Waals surface area contributed by atoms with Crippen LogP contribution in [-0.2, 0) is 0 Å². The van der Waals surface area contributed by atoms with E-state index in [2.05, 4.69) is 15.2 Å². The zero-order valence-corrected chi connectivity index (χ0v) is 24.3. The van der Waals surface area contributed by atoms with E-state index in [-0.39, 0.29) is 123 Å². The van der Waals surface area contributed by atoms with Gasteiger partial charge >= 0.3 is 183 Å². The van der Waals surface area contributed by atoms with Crippen molar-refractivity contribution in [2.45, 2.75) is 0 Å². The first-order valence-corrected chi connectivity index (χ1v) is 11.4. The molecule has 0 aliphatic rings. The molecule has 2 aromatic rings.